The van der Waals surface area contributed by atoms with E-state index in [0.29, 0.717) is 5.92 Å². The van der Waals surface area contributed by atoms with Crippen LogP contribution >= 0.6 is 0 Å². The maximum Gasteiger partial charge on any atom is 3.00 e. The zero-order valence-electron chi connectivity index (χ0n) is 15.2. The van der Waals surface area contributed by atoms with Crippen molar-refractivity contribution in [3.63, 3.8) is 0 Å². The van der Waals surface area contributed by atoms with Gasteiger partial charge in [-0.05, 0) is 29.9 Å². The molecule has 131 valence electrons. The van der Waals surface area contributed by atoms with Crippen LogP contribution in [0, 0.1) is 0 Å². The first-order valence-corrected chi connectivity index (χ1v) is 8.51. The summed E-state index contributed by atoms with van der Waals surface area (Å²) >= 11 is 0. The Morgan fingerprint density at radius 2 is 1.64 bits per heavy atom. The quantitative estimate of drug-likeness (QED) is 0.501. The van der Waals surface area contributed by atoms with Gasteiger partial charge in [0.1, 0.15) is 0 Å². The Morgan fingerprint density at radius 1 is 0.960 bits per heavy atom. The van der Waals surface area contributed by atoms with Crippen molar-refractivity contribution in [3.05, 3.63) is 65.7 Å². The number of aryl methyl sites for hydroxylation is 1. The Kier molecular flexibility index (Phi) is 11.1. The summed E-state index contributed by atoms with van der Waals surface area (Å²) in [6.07, 6.45) is 3.56. The summed E-state index contributed by atoms with van der Waals surface area (Å²) in [6.45, 7) is 6.79. The minimum Gasteiger partial charge on any atom is -1.00 e. The number of benzene rings is 2. The average Bonchev–Trinajstić information content (AvgIpc) is 2.97. The summed E-state index contributed by atoms with van der Waals surface area (Å²) in [6, 6.07) is 20.5. The molecule has 1 unspecified atom stereocenters. The molecule has 1 atom stereocenters. The van der Waals surface area contributed by atoms with E-state index in [-0.39, 0.29) is 51.0 Å². The molecule has 3 heteroatoms. The van der Waals surface area contributed by atoms with Gasteiger partial charge < -0.3 is 24.8 Å². The fraction of sp³-hybridized carbons (Fsp3) is 0.318. The second-order valence-corrected chi connectivity index (χ2v) is 6.35. The maximum atomic E-state index is 2.37. The van der Waals surface area contributed by atoms with Crippen LogP contribution in [-0.4, -0.2) is 0 Å². The zero-order valence-corrected chi connectivity index (χ0v) is 19.1. The van der Waals surface area contributed by atoms with E-state index < -0.39 is 0 Å². The third kappa shape index (κ3) is 5.49. The third-order valence-corrected chi connectivity index (χ3v) is 4.75. The van der Waals surface area contributed by atoms with Gasteiger partial charge in [-0.3, -0.25) is 0 Å². The molecule has 3 aromatic rings. The molecule has 0 nitrogen and oxygen atoms in total. The van der Waals surface area contributed by atoms with Crippen LogP contribution in [0.4, 0.5) is 0 Å². The van der Waals surface area contributed by atoms with Crippen molar-refractivity contribution >= 4 is 10.8 Å². The van der Waals surface area contributed by atoms with Gasteiger partial charge in [0.05, 0.1) is 0 Å². The molecule has 0 aliphatic heterocycles. The first-order valence-electron chi connectivity index (χ1n) is 8.51. The Hall–Kier alpha value is -0.487. The smallest absolute Gasteiger partial charge is 1.00 e. The van der Waals surface area contributed by atoms with Crippen LogP contribution in [0.3, 0.4) is 0 Å². The molecule has 0 aliphatic rings. The van der Waals surface area contributed by atoms with E-state index in [1.54, 1.807) is 0 Å². The zero-order chi connectivity index (χ0) is 15.5. The minimum atomic E-state index is 0. The van der Waals surface area contributed by atoms with Crippen LogP contribution < -0.4 is 24.8 Å². The monoisotopic (exact) mass is 449 g/mol. The van der Waals surface area contributed by atoms with E-state index >= 15 is 0 Å². The minimum absolute atomic E-state index is 0. The van der Waals surface area contributed by atoms with Crippen LogP contribution in [0.15, 0.2) is 54.6 Å². The molecule has 0 bridgehead atoms. The van der Waals surface area contributed by atoms with Gasteiger partial charge in [-0.2, -0.15) is 6.07 Å². The number of halogens is 2. The third-order valence-electron chi connectivity index (χ3n) is 4.75. The van der Waals surface area contributed by atoms with Gasteiger partial charge in [-0.15, -0.1) is 34.5 Å². The van der Waals surface area contributed by atoms with E-state index in [2.05, 4.69) is 75.4 Å². The molecule has 0 aromatic heterocycles. The van der Waals surface area contributed by atoms with Crippen molar-refractivity contribution in [1.82, 2.24) is 0 Å². The normalized spacial score (nSPS) is 11.2. The summed E-state index contributed by atoms with van der Waals surface area (Å²) in [5.41, 5.74) is 5.58. The van der Waals surface area contributed by atoms with Crippen molar-refractivity contribution < 1.29 is 51.0 Å². The van der Waals surface area contributed by atoms with Crippen LogP contribution in [0.25, 0.3) is 21.9 Å². The molecule has 25 heavy (non-hydrogen) atoms. The maximum absolute atomic E-state index is 2.37. The van der Waals surface area contributed by atoms with Gasteiger partial charge in [0.15, 0.2) is 0 Å². The Morgan fingerprint density at radius 3 is 2.24 bits per heavy atom. The van der Waals surface area contributed by atoms with Crippen molar-refractivity contribution in [1.29, 1.82) is 0 Å². The number of hydrogen-bond donors (Lipinski definition) is 0. The standard InChI is InChI=1S/C22H25.2ClH.Zr/c1-4-7-17-14-20-8-6-9-21(22(20)15-17)19-12-10-18(11-13-19)16(3)5-2;;;/h6,8-16H,4-5,7H2,1-3H3;2*1H;/q-1;;;+3/p-2. The van der Waals surface area contributed by atoms with E-state index in [1.165, 1.54) is 52.3 Å². The van der Waals surface area contributed by atoms with E-state index in [9.17, 15) is 0 Å². The fourth-order valence-electron chi connectivity index (χ4n) is 3.21. The van der Waals surface area contributed by atoms with Crippen molar-refractivity contribution in [2.24, 2.45) is 0 Å². The predicted molar refractivity (Wildman–Crippen MR) is 97.7 cm³/mol. The Labute approximate surface area is 183 Å². The summed E-state index contributed by atoms with van der Waals surface area (Å²) in [5.74, 6) is 0.639. The predicted octanol–water partition coefficient (Wildman–Crippen LogP) is 0.697. The van der Waals surface area contributed by atoms with Crippen LogP contribution in [0.5, 0.6) is 0 Å². The van der Waals surface area contributed by atoms with Gasteiger partial charge in [0, 0.05) is 0 Å². The molecule has 3 aromatic carbocycles. The summed E-state index contributed by atoms with van der Waals surface area (Å²) in [4.78, 5) is 0. The Bertz CT molecular complexity index is 759. The van der Waals surface area contributed by atoms with E-state index in [0.717, 1.165) is 0 Å². The molecular formula is C22H25Cl2Zr. The van der Waals surface area contributed by atoms with Gasteiger partial charge >= 0.3 is 26.2 Å². The first kappa shape index (κ1) is 24.5. The van der Waals surface area contributed by atoms with Crippen LogP contribution in [-0.2, 0) is 32.6 Å². The largest absolute Gasteiger partial charge is 3.00 e. The van der Waals surface area contributed by atoms with Crippen molar-refractivity contribution in [2.75, 3.05) is 0 Å². The molecule has 1 radical (unpaired) electrons. The molecule has 0 saturated carbocycles. The van der Waals surface area contributed by atoms with Crippen LogP contribution in [0.1, 0.15) is 50.7 Å². The van der Waals surface area contributed by atoms with Gasteiger partial charge in [0.25, 0.3) is 0 Å². The number of hydrogen-bond acceptors (Lipinski definition) is 0. The van der Waals surface area contributed by atoms with Gasteiger partial charge in [-0.25, -0.2) is 0 Å². The van der Waals surface area contributed by atoms with Crippen molar-refractivity contribution in [2.45, 2.75) is 46.0 Å². The molecule has 0 fully saturated rings. The number of rotatable bonds is 5. The first-order chi connectivity index (χ1) is 10.7. The fourth-order valence-corrected chi connectivity index (χ4v) is 3.21. The second kappa shape index (κ2) is 11.3. The summed E-state index contributed by atoms with van der Waals surface area (Å²) in [5, 5.41) is 2.76. The molecule has 0 amide bonds. The molecule has 0 spiro atoms. The molecule has 3 rings (SSSR count). The molecule has 0 aliphatic carbocycles. The summed E-state index contributed by atoms with van der Waals surface area (Å²) < 4.78 is 0. The molecule has 0 N–H and O–H groups in total. The molecular weight excluding hydrogens is 426 g/mol. The van der Waals surface area contributed by atoms with Crippen LogP contribution in [0.2, 0.25) is 0 Å². The summed E-state index contributed by atoms with van der Waals surface area (Å²) in [7, 11) is 0. The van der Waals surface area contributed by atoms with Gasteiger partial charge in [-0.1, -0.05) is 63.1 Å². The number of fused-ring (bicyclic) bond motifs is 1. The molecule has 0 heterocycles. The molecule has 0 saturated heterocycles. The van der Waals surface area contributed by atoms with Crippen molar-refractivity contribution in [3.8, 4) is 11.1 Å². The van der Waals surface area contributed by atoms with E-state index in [4.69, 9.17) is 0 Å². The second-order valence-electron chi connectivity index (χ2n) is 6.35. The average molecular weight is 452 g/mol. The Balaban J connectivity index is 0.00000192. The topological polar surface area (TPSA) is 0 Å². The van der Waals surface area contributed by atoms with Gasteiger partial charge in [0.2, 0.25) is 0 Å². The van der Waals surface area contributed by atoms with E-state index in [1.807, 2.05) is 0 Å². The SMILES string of the molecule is CCCc1cc2c(-c3ccc(C(C)CC)cc3)cccc2[cH-]1.[Cl-].[Cl-].[Zr+3].